The molecule has 1 aliphatic carbocycles. The molecule has 0 N–H and O–H groups in total. The molecule has 2 rings (SSSR count). The van der Waals surface area contributed by atoms with Crippen molar-refractivity contribution in [2.75, 3.05) is 13.6 Å². The maximum absolute atomic E-state index is 11.9. The summed E-state index contributed by atoms with van der Waals surface area (Å²) in [5.41, 5.74) is 0.457. The Balaban J connectivity index is 1.97. The van der Waals surface area contributed by atoms with Gasteiger partial charge in [0.1, 0.15) is 0 Å². The van der Waals surface area contributed by atoms with Gasteiger partial charge in [-0.1, -0.05) is 6.42 Å². The zero-order chi connectivity index (χ0) is 10.8. The predicted molar refractivity (Wildman–Crippen MR) is 58.0 cm³/mol. The number of amides is 1. The Morgan fingerprint density at radius 2 is 2.40 bits per heavy atom. The van der Waals surface area contributed by atoms with Crippen molar-refractivity contribution < 1.29 is 9.21 Å². The quantitative estimate of drug-likeness (QED) is 0.796. The minimum absolute atomic E-state index is 0.0550. The predicted octanol–water partition coefficient (Wildman–Crippen LogP) is 2.81. The van der Waals surface area contributed by atoms with E-state index in [9.17, 15) is 4.79 Å². The number of halogens is 1. The average Bonchev–Trinajstić information content (AvgIpc) is 2.56. The third-order valence-corrected chi connectivity index (χ3v) is 3.24. The van der Waals surface area contributed by atoms with E-state index in [4.69, 9.17) is 16.0 Å². The molecule has 82 valence electrons. The average molecular weight is 228 g/mol. The standard InChI is InChI=1S/C11H14ClNO2/c1-13(7-8-3-2-4-8)11(14)9-5-6-15-10(9)12/h5-6,8H,2-4,7H2,1H3. The van der Waals surface area contributed by atoms with Crippen molar-refractivity contribution in [3.63, 3.8) is 0 Å². The summed E-state index contributed by atoms with van der Waals surface area (Å²) in [7, 11) is 1.81. The van der Waals surface area contributed by atoms with Gasteiger partial charge in [-0.3, -0.25) is 4.79 Å². The second-order valence-corrected chi connectivity index (χ2v) is 4.43. The largest absolute Gasteiger partial charge is 0.452 e. The first kappa shape index (κ1) is 10.6. The van der Waals surface area contributed by atoms with Crippen molar-refractivity contribution >= 4 is 17.5 Å². The number of hydrogen-bond donors (Lipinski definition) is 0. The molecular weight excluding hydrogens is 214 g/mol. The van der Waals surface area contributed by atoms with Gasteiger partial charge in [-0.15, -0.1) is 0 Å². The van der Waals surface area contributed by atoms with Crippen LogP contribution in [0, 0.1) is 5.92 Å². The van der Waals surface area contributed by atoms with E-state index in [0.717, 1.165) is 6.54 Å². The van der Waals surface area contributed by atoms with Crippen molar-refractivity contribution in [3.05, 3.63) is 23.1 Å². The SMILES string of the molecule is CN(CC1CCC1)C(=O)c1ccoc1Cl. The molecule has 0 radical (unpaired) electrons. The monoisotopic (exact) mass is 227 g/mol. The smallest absolute Gasteiger partial charge is 0.258 e. The molecule has 0 bridgehead atoms. The van der Waals surface area contributed by atoms with Crippen molar-refractivity contribution in [2.45, 2.75) is 19.3 Å². The summed E-state index contributed by atoms with van der Waals surface area (Å²) >= 11 is 5.75. The molecule has 1 fully saturated rings. The van der Waals surface area contributed by atoms with E-state index in [2.05, 4.69) is 0 Å². The minimum atomic E-state index is -0.0550. The van der Waals surface area contributed by atoms with Gasteiger partial charge in [0.2, 0.25) is 5.22 Å². The van der Waals surface area contributed by atoms with Crippen LogP contribution in [0.5, 0.6) is 0 Å². The van der Waals surface area contributed by atoms with Crippen molar-refractivity contribution in [1.82, 2.24) is 4.90 Å². The highest BCUT2D eigenvalue weighted by atomic mass is 35.5. The van der Waals surface area contributed by atoms with Gasteiger partial charge in [0.15, 0.2) is 0 Å². The van der Waals surface area contributed by atoms with Gasteiger partial charge in [-0.2, -0.15) is 0 Å². The number of carbonyl (C=O) groups excluding carboxylic acids is 1. The van der Waals surface area contributed by atoms with E-state index in [1.54, 1.807) is 11.0 Å². The van der Waals surface area contributed by atoms with Crippen LogP contribution in [-0.4, -0.2) is 24.4 Å². The molecule has 4 heteroatoms. The van der Waals surface area contributed by atoms with E-state index in [1.807, 2.05) is 7.05 Å². The molecule has 0 atom stereocenters. The van der Waals surface area contributed by atoms with Crippen molar-refractivity contribution in [2.24, 2.45) is 5.92 Å². The van der Waals surface area contributed by atoms with E-state index in [-0.39, 0.29) is 11.1 Å². The Kier molecular flexibility index (Phi) is 3.00. The van der Waals surface area contributed by atoms with Crippen LogP contribution in [-0.2, 0) is 0 Å². The highest BCUT2D eigenvalue weighted by Crippen LogP contribution is 2.27. The van der Waals surface area contributed by atoms with Gasteiger partial charge in [0.05, 0.1) is 11.8 Å². The van der Waals surface area contributed by atoms with E-state index in [1.165, 1.54) is 25.5 Å². The second kappa shape index (κ2) is 4.27. The molecule has 0 saturated heterocycles. The molecule has 1 aromatic heterocycles. The topological polar surface area (TPSA) is 33.5 Å². The van der Waals surface area contributed by atoms with Gasteiger partial charge in [0.25, 0.3) is 5.91 Å². The Morgan fingerprint density at radius 1 is 1.67 bits per heavy atom. The summed E-state index contributed by atoms with van der Waals surface area (Å²) in [4.78, 5) is 13.6. The summed E-state index contributed by atoms with van der Waals surface area (Å²) in [5, 5.41) is 0.181. The summed E-state index contributed by atoms with van der Waals surface area (Å²) in [6.45, 7) is 0.820. The molecule has 1 aromatic rings. The van der Waals surface area contributed by atoms with Gasteiger partial charge in [0, 0.05) is 13.6 Å². The summed E-state index contributed by atoms with van der Waals surface area (Å²) in [5.74, 6) is 0.616. The summed E-state index contributed by atoms with van der Waals surface area (Å²) in [6, 6.07) is 1.61. The van der Waals surface area contributed by atoms with Crippen LogP contribution in [0.2, 0.25) is 5.22 Å². The second-order valence-electron chi connectivity index (χ2n) is 4.09. The molecule has 1 heterocycles. The van der Waals surface area contributed by atoms with Crippen molar-refractivity contribution in [1.29, 1.82) is 0 Å². The molecular formula is C11H14ClNO2. The lowest BCUT2D eigenvalue weighted by Gasteiger charge is -2.29. The molecule has 1 saturated carbocycles. The van der Waals surface area contributed by atoms with Crippen molar-refractivity contribution in [3.8, 4) is 0 Å². The molecule has 1 amide bonds. The maximum Gasteiger partial charge on any atom is 0.258 e. The molecule has 0 spiro atoms. The fourth-order valence-electron chi connectivity index (χ4n) is 1.80. The summed E-state index contributed by atoms with van der Waals surface area (Å²) in [6.07, 6.45) is 5.19. The van der Waals surface area contributed by atoms with E-state index >= 15 is 0 Å². The minimum Gasteiger partial charge on any atom is -0.452 e. The third kappa shape index (κ3) is 2.17. The highest BCUT2D eigenvalue weighted by molar-refractivity contribution is 6.32. The van der Waals surface area contributed by atoms with Gasteiger partial charge in [-0.05, 0) is 36.4 Å². The fourth-order valence-corrected chi connectivity index (χ4v) is 1.99. The highest BCUT2D eigenvalue weighted by Gasteiger charge is 2.23. The van der Waals surface area contributed by atoms with E-state index < -0.39 is 0 Å². The lowest BCUT2D eigenvalue weighted by molar-refractivity contribution is 0.0744. The van der Waals surface area contributed by atoms with E-state index in [0.29, 0.717) is 11.5 Å². The van der Waals surface area contributed by atoms with Crippen LogP contribution in [0.25, 0.3) is 0 Å². The van der Waals surface area contributed by atoms with Crippen LogP contribution >= 0.6 is 11.6 Å². The Bertz CT molecular complexity index is 357. The maximum atomic E-state index is 11.9. The lowest BCUT2D eigenvalue weighted by atomic mass is 9.85. The van der Waals surface area contributed by atoms with Crippen LogP contribution in [0.15, 0.2) is 16.7 Å². The third-order valence-electron chi connectivity index (χ3n) is 2.95. The van der Waals surface area contributed by atoms with Gasteiger partial charge >= 0.3 is 0 Å². The van der Waals surface area contributed by atoms with Gasteiger partial charge < -0.3 is 9.32 Å². The molecule has 3 nitrogen and oxygen atoms in total. The zero-order valence-corrected chi connectivity index (χ0v) is 9.46. The molecule has 1 aliphatic rings. The lowest BCUT2D eigenvalue weighted by Crippen LogP contribution is -2.34. The number of rotatable bonds is 3. The number of hydrogen-bond acceptors (Lipinski definition) is 2. The first-order chi connectivity index (χ1) is 7.18. The Morgan fingerprint density at radius 3 is 2.87 bits per heavy atom. The first-order valence-electron chi connectivity index (χ1n) is 5.17. The van der Waals surface area contributed by atoms with Crippen LogP contribution in [0.4, 0.5) is 0 Å². The molecule has 0 aliphatic heterocycles. The zero-order valence-electron chi connectivity index (χ0n) is 8.70. The number of furan rings is 1. The van der Waals surface area contributed by atoms with Crippen LogP contribution in [0.3, 0.4) is 0 Å². The molecule has 15 heavy (non-hydrogen) atoms. The van der Waals surface area contributed by atoms with Crippen LogP contribution in [0.1, 0.15) is 29.6 Å². The number of carbonyl (C=O) groups is 1. The Hall–Kier alpha value is -0.960. The number of nitrogens with zero attached hydrogens (tertiary/aromatic N) is 1. The molecule has 0 unspecified atom stereocenters. The van der Waals surface area contributed by atoms with Crippen LogP contribution < -0.4 is 0 Å². The fraction of sp³-hybridized carbons (Fsp3) is 0.545. The molecule has 0 aromatic carbocycles. The Labute approximate surface area is 94.0 Å². The summed E-state index contributed by atoms with van der Waals surface area (Å²) < 4.78 is 4.90. The first-order valence-corrected chi connectivity index (χ1v) is 5.54. The normalized spacial score (nSPS) is 16.1. The van der Waals surface area contributed by atoms with Gasteiger partial charge in [-0.25, -0.2) is 0 Å².